The summed E-state index contributed by atoms with van der Waals surface area (Å²) < 4.78 is 0.945. The monoisotopic (exact) mass is 213 g/mol. The maximum absolute atomic E-state index is 10.8. The fourth-order valence-corrected chi connectivity index (χ4v) is 1.10. The quantitative estimate of drug-likeness (QED) is 0.545. The van der Waals surface area contributed by atoms with E-state index in [1.807, 2.05) is 0 Å². The van der Waals surface area contributed by atoms with Crippen LogP contribution >= 0.6 is 0 Å². The molecular formula is C7H7N3O5. The Labute approximate surface area is 83.4 Å². The molecule has 15 heavy (non-hydrogen) atoms. The summed E-state index contributed by atoms with van der Waals surface area (Å²) in [7, 11) is 0. The molecule has 0 spiro atoms. The standard InChI is InChI=1S/C7H7N3O5/c1-5(11)3-8-4-6(9(12)13)2-7(8)10(14)15/h2,4H,3H2,1H3. The molecule has 80 valence electrons. The van der Waals surface area contributed by atoms with Gasteiger partial charge >= 0.3 is 11.5 Å². The lowest BCUT2D eigenvalue weighted by Crippen LogP contribution is -2.07. The summed E-state index contributed by atoms with van der Waals surface area (Å²) in [5, 5.41) is 20.8. The third-order valence-corrected chi connectivity index (χ3v) is 1.65. The van der Waals surface area contributed by atoms with Gasteiger partial charge < -0.3 is 10.1 Å². The number of ketones is 1. The van der Waals surface area contributed by atoms with Crippen LogP contribution in [0.3, 0.4) is 0 Å². The SMILES string of the molecule is CC(=O)Cn1cc([N+](=O)[O-])cc1[N+](=O)[O-]. The van der Waals surface area contributed by atoms with Gasteiger partial charge in [-0.2, -0.15) is 0 Å². The number of carbonyl (C=O) groups is 1. The zero-order valence-electron chi connectivity index (χ0n) is 7.74. The molecule has 0 radical (unpaired) electrons. The van der Waals surface area contributed by atoms with Crippen LogP contribution in [0.1, 0.15) is 6.92 Å². The van der Waals surface area contributed by atoms with Crippen molar-refractivity contribution in [1.82, 2.24) is 4.57 Å². The number of hydrogen-bond donors (Lipinski definition) is 0. The minimum Gasteiger partial charge on any atom is -0.358 e. The summed E-state index contributed by atoms with van der Waals surface area (Å²) in [6.45, 7) is 1.000. The number of carbonyl (C=O) groups excluding carboxylic acids is 1. The fraction of sp³-hybridized carbons (Fsp3) is 0.286. The molecule has 1 aromatic rings. The third-order valence-electron chi connectivity index (χ3n) is 1.65. The molecule has 0 aliphatic rings. The van der Waals surface area contributed by atoms with E-state index in [1.54, 1.807) is 0 Å². The Morgan fingerprint density at radius 3 is 2.40 bits per heavy atom. The summed E-state index contributed by atoms with van der Waals surface area (Å²) in [6, 6.07) is 0.822. The van der Waals surface area contributed by atoms with Gasteiger partial charge in [0, 0.05) is 0 Å². The van der Waals surface area contributed by atoms with E-state index in [4.69, 9.17) is 0 Å². The highest BCUT2D eigenvalue weighted by molar-refractivity contribution is 5.75. The third kappa shape index (κ3) is 2.36. The smallest absolute Gasteiger partial charge is 0.330 e. The van der Waals surface area contributed by atoms with Crippen LogP contribution in [-0.4, -0.2) is 20.2 Å². The van der Waals surface area contributed by atoms with Crippen molar-refractivity contribution >= 4 is 17.3 Å². The molecule has 0 aliphatic carbocycles. The minimum atomic E-state index is -0.768. The van der Waals surface area contributed by atoms with Crippen LogP contribution in [-0.2, 0) is 11.3 Å². The van der Waals surface area contributed by atoms with E-state index in [2.05, 4.69) is 0 Å². The van der Waals surface area contributed by atoms with Gasteiger partial charge in [-0.25, -0.2) is 4.57 Å². The van der Waals surface area contributed by atoms with Gasteiger partial charge in [0.05, 0.1) is 4.92 Å². The van der Waals surface area contributed by atoms with Crippen molar-refractivity contribution in [3.05, 3.63) is 32.5 Å². The molecule has 1 rings (SSSR count). The first kappa shape index (κ1) is 10.8. The molecule has 0 saturated heterocycles. The van der Waals surface area contributed by atoms with Crippen molar-refractivity contribution in [3.63, 3.8) is 0 Å². The molecule has 1 heterocycles. The van der Waals surface area contributed by atoms with E-state index < -0.39 is 21.4 Å². The molecule has 0 fully saturated rings. The molecule has 8 nitrogen and oxygen atoms in total. The average molecular weight is 213 g/mol. The van der Waals surface area contributed by atoms with Gasteiger partial charge in [-0.3, -0.25) is 14.9 Å². The van der Waals surface area contributed by atoms with E-state index in [0.717, 1.165) is 16.8 Å². The number of nitro groups is 2. The highest BCUT2D eigenvalue weighted by atomic mass is 16.6. The van der Waals surface area contributed by atoms with Crippen LogP contribution in [0, 0.1) is 20.2 Å². The lowest BCUT2D eigenvalue weighted by atomic mass is 10.4. The second-order valence-corrected chi connectivity index (χ2v) is 2.90. The van der Waals surface area contributed by atoms with Crippen LogP contribution in [0.4, 0.5) is 11.5 Å². The Morgan fingerprint density at radius 2 is 2.00 bits per heavy atom. The van der Waals surface area contributed by atoms with Gasteiger partial charge in [-0.15, -0.1) is 0 Å². The normalized spacial score (nSPS) is 9.93. The van der Waals surface area contributed by atoms with E-state index in [-0.39, 0.29) is 12.3 Å². The lowest BCUT2D eigenvalue weighted by Gasteiger charge is -1.96. The van der Waals surface area contributed by atoms with Crippen LogP contribution in [0.25, 0.3) is 0 Å². The Balaban J connectivity index is 3.17. The first-order chi connectivity index (χ1) is 6.91. The summed E-state index contributed by atoms with van der Waals surface area (Å²) in [6.07, 6.45) is 0.972. The number of hydrogen-bond acceptors (Lipinski definition) is 5. The van der Waals surface area contributed by atoms with Crippen LogP contribution in [0.15, 0.2) is 12.3 Å². The van der Waals surface area contributed by atoms with Gasteiger partial charge in [-0.05, 0) is 11.8 Å². The molecule has 0 unspecified atom stereocenters. The largest absolute Gasteiger partial charge is 0.358 e. The summed E-state index contributed by atoms with van der Waals surface area (Å²) in [4.78, 5) is 30.1. The number of rotatable bonds is 4. The summed E-state index contributed by atoms with van der Waals surface area (Å²) in [5.74, 6) is -0.777. The molecule has 0 bridgehead atoms. The number of nitrogens with zero attached hydrogens (tertiary/aromatic N) is 3. The number of Topliss-reactive ketones (excluding diaryl/α,β-unsaturated/α-hetero) is 1. The van der Waals surface area contributed by atoms with Gasteiger partial charge in [-0.1, -0.05) is 0 Å². The van der Waals surface area contributed by atoms with Crippen LogP contribution < -0.4 is 0 Å². The van der Waals surface area contributed by atoms with Gasteiger partial charge in [0.2, 0.25) is 0 Å². The molecule has 8 heteroatoms. The molecular weight excluding hydrogens is 206 g/mol. The maximum Gasteiger partial charge on any atom is 0.330 e. The number of aromatic nitrogens is 1. The molecule has 1 aromatic heterocycles. The van der Waals surface area contributed by atoms with E-state index >= 15 is 0 Å². The van der Waals surface area contributed by atoms with E-state index in [1.165, 1.54) is 6.92 Å². The Morgan fingerprint density at radius 1 is 1.40 bits per heavy atom. The molecule has 0 aliphatic heterocycles. The van der Waals surface area contributed by atoms with Crippen LogP contribution in [0.2, 0.25) is 0 Å². The molecule has 0 aromatic carbocycles. The fourth-order valence-electron chi connectivity index (χ4n) is 1.10. The van der Waals surface area contributed by atoms with Crippen molar-refractivity contribution in [1.29, 1.82) is 0 Å². The molecule has 0 N–H and O–H groups in total. The second kappa shape index (κ2) is 3.86. The molecule has 0 amide bonds. The van der Waals surface area contributed by atoms with Crippen molar-refractivity contribution in [2.45, 2.75) is 13.5 Å². The lowest BCUT2D eigenvalue weighted by molar-refractivity contribution is -0.394. The minimum absolute atomic E-state index is 0.246. The van der Waals surface area contributed by atoms with E-state index in [0.29, 0.717) is 0 Å². The van der Waals surface area contributed by atoms with Crippen LogP contribution in [0.5, 0.6) is 0 Å². The maximum atomic E-state index is 10.8. The highest BCUT2D eigenvalue weighted by Crippen LogP contribution is 2.22. The molecule has 0 atom stereocenters. The second-order valence-electron chi connectivity index (χ2n) is 2.90. The topological polar surface area (TPSA) is 108 Å². The zero-order chi connectivity index (χ0) is 11.6. The van der Waals surface area contributed by atoms with Crippen molar-refractivity contribution < 1.29 is 14.6 Å². The Hall–Kier alpha value is -2.25. The summed E-state index contributed by atoms with van der Waals surface area (Å²) in [5.41, 5.74) is -0.400. The first-order valence-electron chi connectivity index (χ1n) is 3.90. The summed E-state index contributed by atoms with van der Waals surface area (Å²) >= 11 is 0. The van der Waals surface area contributed by atoms with Gasteiger partial charge in [0.1, 0.15) is 12.6 Å². The average Bonchev–Trinajstić information content (AvgIpc) is 2.46. The van der Waals surface area contributed by atoms with Crippen molar-refractivity contribution in [2.75, 3.05) is 0 Å². The predicted molar refractivity (Wildman–Crippen MR) is 48.4 cm³/mol. The van der Waals surface area contributed by atoms with Crippen molar-refractivity contribution in [3.8, 4) is 0 Å². The van der Waals surface area contributed by atoms with Gasteiger partial charge in [0.15, 0.2) is 12.0 Å². The molecule has 0 saturated carbocycles. The van der Waals surface area contributed by atoms with E-state index in [9.17, 15) is 25.0 Å². The Bertz CT molecular complexity index is 436. The predicted octanol–water partition coefficient (Wildman–Crippen LogP) is 0.893. The van der Waals surface area contributed by atoms with Gasteiger partial charge in [0.25, 0.3) is 0 Å². The first-order valence-corrected chi connectivity index (χ1v) is 3.90. The zero-order valence-corrected chi connectivity index (χ0v) is 7.74. The van der Waals surface area contributed by atoms with Crippen molar-refractivity contribution in [2.24, 2.45) is 0 Å². The Kier molecular flexibility index (Phi) is 2.79. The highest BCUT2D eigenvalue weighted by Gasteiger charge is 2.23.